The molecule has 35 heavy (non-hydrogen) atoms. The predicted molar refractivity (Wildman–Crippen MR) is 133 cm³/mol. The number of carbonyl (C=O) groups excluding carboxylic acids is 3. The van der Waals surface area contributed by atoms with Crippen LogP contribution >= 0.6 is 0 Å². The van der Waals surface area contributed by atoms with Gasteiger partial charge in [0.2, 0.25) is 0 Å². The summed E-state index contributed by atoms with van der Waals surface area (Å²) >= 11 is 0. The summed E-state index contributed by atoms with van der Waals surface area (Å²) in [6.45, 7) is 0.0829. The van der Waals surface area contributed by atoms with E-state index in [4.69, 9.17) is 4.74 Å². The van der Waals surface area contributed by atoms with Crippen molar-refractivity contribution in [1.82, 2.24) is 10.6 Å². The van der Waals surface area contributed by atoms with Gasteiger partial charge in [-0.05, 0) is 36.2 Å². The molecule has 0 saturated carbocycles. The van der Waals surface area contributed by atoms with Crippen molar-refractivity contribution in [2.24, 2.45) is 0 Å². The highest BCUT2D eigenvalue weighted by molar-refractivity contribution is 5.89. The number of benzene rings is 3. The van der Waals surface area contributed by atoms with Gasteiger partial charge < -0.3 is 31.1 Å². The first kappa shape index (κ1) is 25.1. The average Bonchev–Trinajstić information content (AvgIpc) is 2.87. The lowest BCUT2D eigenvalue weighted by molar-refractivity contribution is -0.140. The maximum atomic E-state index is 12.3. The van der Waals surface area contributed by atoms with Gasteiger partial charge in [-0.2, -0.15) is 0 Å². The van der Waals surface area contributed by atoms with Crippen LogP contribution in [0.5, 0.6) is 5.75 Å². The third-order valence-corrected chi connectivity index (χ3v) is 5.12. The molecule has 0 aliphatic rings. The van der Waals surface area contributed by atoms with E-state index >= 15 is 0 Å². The van der Waals surface area contributed by atoms with E-state index in [0.29, 0.717) is 28.9 Å². The van der Waals surface area contributed by atoms with Crippen molar-refractivity contribution < 1.29 is 24.2 Å². The van der Waals surface area contributed by atoms with Crippen LogP contribution in [0.3, 0.4) is 0 Å². The van der Waals surface area contributed by atoms with Gasteiger partial charge in [-0.15, -0.1) is 0 Å². The summed E-state index contributed by atoms with van der Waals surface area (Å²) in [5.41, 5.74) is 2.94. The summed E-state index contributed by atoms with van der Waals surface area (Å²) in [5.74, 6) is -0.409. The molecule has 3 aromatic carbocycles. The molecule has 0 unspecified atom stereocenters. The molecule has 9 nitrogen and oxygen atoms in total. The molecule has 0 fully saturated rings. The van der Waals surface area contributed by atoms with Gasteiger partial charge in [-0.1, -0.05) is 48.5 Å². The number of methoxy groups -OCH3 is 1. The largest absolute Gasteiger partial charge is 0.507 e. The molecule has 0 spiro atoms. The second-order valence-electron chi connectivity index (χ2n) is 7.69. The van der Waals surface area contributed by atoms with Crippen molar-refractivity contribution >= 4 is 29.4 Å². The molecule has 0 heterocycles. The molecule has 0 bridgehead atoms. The summed E-state index contributed by atoms with van der Waals surface area (Å²) in [7, 11) is 1.32. The monoisotopic (exact) mass is 476 g/mol. The topological polar surface area (TPSA) is 129 Å². The molecule has 5 N–H and O–H groups in total. The molecule has 3 rings (SSSR count). The molecule has 0 atom stereocenters. The number of phenols is 1. The van der Waals surface area contributed by atoms with E-state index in [0.717, 1.165) is 5.56 Å². The Kier molecular flexibility index (Phi) is 9.07. The fourth-order valence-corrected chi connectivity index (χ4v) is 3.34. The number of ether oxygens (including phenoxy) is 1. The average molecular weight is 477 g/mol. The smallest absolute Gasteiger partial charge is 0.319 e. The molecular weight excluding hydrogens is 448 g/mol. The van der Waals surface area contributed by atoms with E-state index in [-0.39, 0.29) is 31.2 Å². The summed E-state index contributed by atoms with van der Waals surface area (Å²) < 4.78 is 4.71. The van der Waals surface area contributed by atoms with E-state index < -0.39 is 12.1 Å². The first-order valence-corrected chi connectivity index (χ1v) is 11.0. The third-order valence-electron chi connectivity index (χ3n) is 5.12. The molecule has 0 saturated heterocycles. The van der Waals surface area contributed by atoms with Gasteiger partial charge in [-0.3, -0.25) is 4.79 Å². The lowest BCUT2D eigenvalue weighted by atomic mass is 10.0. The molecule has 9 heteroatoms. The van der Waals surface area contributed by atoms with Crippen LogP contribution in [0.25, 0.3) is 0 Å². The molecule has 0 aliphatic heterocycles. The number of para-hydroxylation sites is 2. The lowest BCUT2D eigenvalue weighted by Crippen LogP contribution is -2.29. The number of anilines is 2. The zero-order chi connectivity index (χ0) is 25.0. The van der Waals surface area contributed by atoms with Crippen molar-refractivity contribution in [3.63, 3.8) is 0 Å². The Morgan fingerprint density at radius 2 is 1.23 bits per heavy atom. The summed E-state index contributed by atoms with van der Waals surface area (Å²) in [6.07, 6.45) is 0.531. The number of phenolic OH excluding ortho intramolecular Hbond substituents is 1. The van der Waals surface area contributed by atoms with Crippen LogP contribution in [0, 0.1) is 0 Å². The van der Waals surface area contributed by atoms with E-state index in [9.17, 15) is 19.5 Å². The lowest BCUT2D eigenvalue weighted by Gasteiger charge is -2.15. The Morgan fingerprint density at radius 3 is 1.66 bits per heavy atom. The van der Waals surface area contributed by atoms with Crippen LogP contribution in [0.4, 0.5) is 21.0 Å². The molecule has 4 amide bonds. The molecule has 0 aromatic heterocycles. The van der Waals surface area contributed by atoms with Crippen LogP contribution in [-0.4, -0.2) is 30.2 Å². The number of hydrogen-bond acceptors (Lipinski definition) is 5. The van der Waals surface area contributed by atoms with Gasteiger partial charge in [0.25, 0.3) is 0 Å². The van der Waals surface area contributed by atoms with Crippen molar-refractivity contribution in [3.8, 4) is 5.75 Å². The third kappa shape index (κ3) is 8.08. The van der Waals surface area contributed by atoms with E-state index in [1.165, 1.54) is 7.11 Å². The zero-order valence-electron chi connectivity index (χ0n) is 19.3. The Hall–Kier alpha value is -4.53. The number of esters is 1. The number of rotatable bonds is 9. The van der Waals surface area contributed by atoms with Gasteiger partial charge in [-0.25, -0.2) is 9.59 Å². The van der Waals surface area contributed by atoms with E-state index in [2.05, 4.69) is 21.3 Å². The summed E-state index contributed by atoms with van der Waals surface area (Å²) in [6, 6.07) is 20.5. The van der Waals surface area contributed by atoms with Crippen molar-refractivity contribution in [1.29, 1.82) is 0 Å². The Balaban J connectivity index is 1.69. The SMILES string of the molecule is COC(=O)CCc1cc(CNC(=O)Nc2ccccc2)c(O)c(CNC(=O)Nc2ccccc2)c1. The zero-order valence-corrected chi connectivity index (χ0v) is 19.3. The molecular formula is C26H28N4O5. The first-order chi connectivity index (χ1) is 16.9. The van der Waals surface area contributed by atoms with Gasteiger partial charge in [0.05, 0.1) is 7.11 Å². The molecule has 0 radical (unpaired) electrons. The normalized spacial score (nSPS) is 10.2. The first-order valence-electron chi connectivity index (χ1n) is 11.0. The number of urea groups is 2. The van der Waals surface area contributed by atoms with Gasteiger partial charge >= 0.3 is 18.0 Å². The Bertz CT molecular complexity index is 1070. The predicted octanol–water partition coefficient (Wildman–Crippen LogP) is 4.14. The summed E-state index contributed by atoms with van der Waals surface area (Å²) in [4.78, 5) is 36.2. The van der Waals surface area contributed by atoms with Crippen molar-refractivity contribution in [2.75, 3.05) is 17.7 Å². The van der Waals surface area contributed by atoms with Crippen LogP contribution in [0.15, 0.2) is 72.8 Å². The standard InChI is InChI=1S/C26H28N4O5/c1-35-23(31)13-12-18-14-19(16-27-25(33)29-21-8-4-2-5-9-21)24(32)20(15-18)17-28-26(34)30-22-10-6-3-7-11-22/h2-11,14-15,32H,12-13,16-17H2,1H3,(H2,27,29,33)(H2,28,30,34). The number of nitrogens with one attached hydrogen (secondary N) is 4. The van der Waals surface area contributed by atoms with E-state index in [1.807, 2.05) is 12.1 Å². The minimum atomic E-state index is -0.433. The highest BCUT2D eigenvalue weighted by Gasteiger charge is 2.14. The minimum Gasteiger partial charge on any atom is -0.507 e. The van der Waals surface area contributed by atoms with Gasteiger partial charge in [0.15, 0.2) is 0 Å². The fourth-order valence-electron chi connectivity index (χ4n) is 3.34. The maximum absolute atomic E-state index is 12.3. The number of hydrogen-bond donors (Lipinski definition) is 5. The van der Waals surface area contributed by atoms with Crippen LogP contribution < -0.4 is 21.3 Å². The van der Waals surface area contributed by atoms with E-state index in [1.54, 1.807) is 60.7 Å². The number of carbonyl (C=O) groups is 3. The van der Waals surface area contributed by atoms with Crippen molar-refractivity contribution in [3.05, 3.63) is 89.5 Å². The molecule has 0 aliphatic carbocycles. The highest BCUT2D eigenvalue weighted by Crippen LogP contribution is 2.26. The molecule has 3 aromatic rings. The summed E-state index contributed by atoms with van der Waals surface area (Å²) in [5, 5.41) is 21.7. The Labute approximate surface area is 203 Å². The molecule has 182 valence electrons. The maximum Gasteiger partial charge on any atom is 0.319 e. The second-order valence-corrected chi connectivity index (χ2v) is 7.69. The van der Waals surface area contributed by atoms with Gasteiger partial charge in [0.1, 0.15) is 5.75 Å². The van der Waals surface area contributed by atoms with Crippen LogP contribution in [0.2, 0.25) is 0 Å². The van der Waals surface area contributed by atoms with Crippen molar-refractivity contribution in [2.45, 2.75) is 25.9 Å². The highest BCUT2D eigenvalue weighted by atomic mass is 16.5. The number of aromatic hydroxyl groups is 1. The number of aryl methyl sites for hydroxylation is 1. The van der Waals surface area contributed by atoms with Gasteiger partial charge in [0, 0.05) is 42.0 Å². The minimum absolute atomic E-state index is 0.0414. The second kappa shape index (κ2) is 12.6. The number of amides is 4. The fraction of sp³-hybridized carbons (Fsp3) is 0.192. The Morgan fingerprint density at radius 1 is 0.771 bits per heavy atom. The van der Waals surface area contributed by atoms with Crippen LogP contribution in [0.1, 0.15) is 23.1 Å². The van der Waals surface area contributed by atoms with Crippen LogP contribution in [-0.2, 0) is 29.0 Å². The quantitative estimate of drug-likeness (QED) is 0.297.